The topological polar surface area (TPSA) is 59.0 Å². The number of hydrogen-bond acceptors (Lipinski definition) is 5. The molecule has 7 heteroatoms. The van der Waals surface area contributed by atoms with E-state index in [1.807, 2.05) is 30.3 Å². The monoisotopic (exact) mass is 410 g/mol. The van der Waals surface area contributed by atoms with Gasteiger partial charge in [0, 0.05) is 17.7 Å². The molecule has 0 saturated carbocycles. The molecule has 0 aliphatic carbocycles. The lowest BCUT2D eigenvalue weighted by Crippen LogP contribution is -2.46. The van der Waals surface area contributed by atoms with Crippen LogP contribution in [-0.2, 0) is 20.9 Å². The van der Waals surface area contributed by atoms with Crippen LogP contribution in [-0.4, -0.2) is 27.7 Å². The molecule has 0 aromatic heterocycles. The molecule has 2 aliphatic rings. The minimum Gasteiger partial charge on any atom is -0.457 e. The van der Waals surface area contributed by atoms with E-state index < -0.39 is 17.8 Å². The average molecular weight is 410 g/mol. The molecule has 1 fully saturated rings. The summed E-state index contributed by atoms with van der Waals surface area (Å²) < 4.78 is 20.2. The number of ether oxygens (including phenoxy) is 1. The normalized spacial score (nSPS) is 19.0. The Balaban J connectivity index is 1.73. The van der Waals surface area contributed by atoms with E-state index in [1.165, 1.54) is 22.7 Å². The first kappa shape index (κ1) is 19.4. The molecule has 2 heterocycles. The number of aliphatic imine (C=N–C) groups is 1. The van der Waals surface area contributed by atoms with Crippen molar-refractivity contribution in [3.05, 3.63) is 82.8 Å². The fourth-order valence-corrected chi connectivity index (χ4v) is 4.46. The van der Waals surface area contributed by atoms with E-state index in [0.717, 1.165) is 5.56 Å². The zero-order valence-electron chi connectivity index (χ0n) is 15.8. The minimum atomic E-state index is -0.896. The molecule has 148 valence electrons. The highest BCUT2D eigenvalue weighted by Gasteiger charge is 2.42. The van der Waals surface area contributed by atoms with Crippen LogP contribution in [0.2, 0.25) is 0 Å². The van der Waals surface area contributed by atoms with Crippen LogP contribution in [0.4, 0.5) is 4.39 Å². The van der Waals surface area contributed by atoms with Crippen molar-refractivity contribution in [2.75, 3.05) is 5.75 Å². The third kappa shape index (κ3) is 3.82. The number of thioether (sulfide) groups is 1. The summed E-state index contributed by atoms with van der Waals surface area (Å²) >= 11 is 1.43. The second-order valence-electron chi connectivity index (χ2n) is 6.74. The summed E-state index contributed by atoms with van der Waals surface area (Å²) in [6, 6.07) is 14.6. The first-order valence-corrected chi connectivity index (χ1v) is 10.2. The summed E-state index contributed by atoms with van der Waals surface area (Å²) in [5.41, 5.74) is 1.71. The number of carbonyl (C=O) groups excluding carboxylic acids is 2. The highest BCUT2D eigenvalue weighted by atomic mass is 32.2. The number of allylic oxidation sites excluding steroid dienone is 1. The molecule has 0 bridgehead atoms. The van der Waals surface area contributed by atoms with E-state index >= 15 is 0 Å². The summed E-state index contributed by atoms with van der Waals surface area (Å²) in [4.78, 5) is 31.6. The second kappa shape index (κ2) is 8.21. The molecule has 2 aromatic carbocycles. The van der Waals surface area contributed by atoms with Crippen molar-refractivity contribution in [1.29, 1.82) is 0 Å². The lowest BCUT2D eigenvalue weighted by atomic mass is 9.93. The largest absolute Gasteiger partial charge is 0.457 e. The van der Waals surface area contributed by atoms with E-state index in [0.29, 0.717) is 23.0 Å². The van der Waals surface area contributed by atoms with Crippen LogP contribution in [0.25, 0.3) is 0 Å². The van der Waals surface area contributed by atoms with Gasteiger partial charge in [0.2, 0.25) is 5.91 Å². The summed E-state index contributed by atoms with van der Waals surface area (Å²) in [5.74, 6) is -0.662. The molecular weight excluding hydrogens is 391 g/mol. The lowest BCUT2D eigenvalue weighted by Gasteiger charge is -2.38. The van der Waals surface area contributed by atoms with Gasteiger partial charge < -0.3 is 4.74 Å². The van der Waals surface area contributed by atoms with Crippen molar-refractivity contribution in [1.82, 2.24) is 4.90 Å². The van der Waals surface area contributed by atoms with Crippen LogP contribution in [0.15, 0.2) is 70.9 Å². The van der Waals surface area contributed by atoms with Gasteiger partial charge in [-0.15, -0.1) is 0 Å². The van der Waals surface area contributed by atoms with Crippen LogP contribution in [0.3, 0.4) is 0 Å². The lowest BCUT2D eigenvalue weighted by molar-refractivity contribution is -0.141. The van der Waals surface area contributed by atoms with Gasteiger partial charge in [0.25, 0.3) is 0 Å². The van der Waals surface area contributed by atoms with Gasteiger partial charge in [-0.1, -0.05) is 60.3 Å². The zero-order chi connectivity index (χ0) is 20.4. The maximum absolute atomic E-state index is 14.7. The quantitative estimate of drug-likeness (QED) is 0.708. The van der Waals surface area contributed by atoms with Crippen molar-refractivity contribution in [2.45, 2.75) is 26.0 Å². The molecule has 2 aromatic rings. The predicted octanol–water partition coefficient (Wildman–Crippen LogP) is 4.22. The van der Waals surface area contributed by atoms with Crippen LogP contribution in [0.1, 0.15) is 30.5 Å². The number of hydrogen-bond donors (Lipinski definition) is 0. The smallest absolute Gasteiger partial charge is 0.338 e. The summed E-state index contributed by atoms with van der Waals surface area (Å²) in [6.07, 6.45) is 0.306. The van der Waals surface area contributed by atoms with Crippen molar-refractivity contribution in [3.8, 4) is 0 Å². The van der Waals surface area contributed by atoms with Crippen molar-refractivity contribution in [3.63, 3.8) is 0 Å². The summed E-state index contributed by atoms with van der Waals surface area (Å²) in [5, 5.41) is 0.492. The van der Waals surface area contributed by atoms with Crippen LogP contribution in [0, 0.1) is 5.82 Å². The number of amides is 1. The molecule has 1 saturated heterocycles. The van der Waals surface area contributed by atoms with Crippen LogP contribution in [0.5, 0.6) is 0 Å². The molecule has 5 nitrogen and oxygen atoms in total. The summed E-state index contributed by atoms with van der Waals surface area (Å²) in [7, 11) is 0. The Morgan fingerprint density at radius 1 is 1.21 bits per heavy atom. The number of nitrogens with zero attached hydrogens (tertiary/aromatic N) is 2. The highest BCUT2D eigenvalue weighted by Crippen LogP contribution is 2.41. The van der Waals surface area contributed by atoms with Crippen molar-refractivity contribution >= 4 is 28.8 Å². The van der Waals surface area contributed by atoms with Gasteiger partial charge in [-0.05, 0) is 18.6 Å². The van der Waals surface area contributed by atoms with E-state index in [4.69, 9.17) is 4.74 Å². The fourth-order valence-electron chi connectivity index (χ4n) is 3.45. The van der Waals surface area contributed by atoms with E-state index in [9.17, 15) is 14.0 Å². The van der Waals surface area contributed by atoms with Gasteiger partial charge in [0.05, 0.1) is 11.3 Å². The Hall–Kier alpha value is -2.93. The fraction of sp³-hybridized carbons (Fsp3) is 0.227. The first-order valence-electron chi connectivity index (χ1n) is 9.26. The Bertz CT molecular complexity index is 1020. The van der Waals surface area contributed by atoms with E-state index in [1.54, 1.807) is 25.1 Å². The standard InChI is InChI=1S/C22H19FN2O3S/c1-14-19(21(27)28-13-15-7-3-2-4-8-15)20(16-9-5-6-10-17(16)23)25-18(26)11-12-29-22(25)24-14/h2-10,20H,11-13H2,1H3. The molecule has 4 rings (SSSR count). The Morgan fingerprint density at radius 2 is 1.93 bits per heavy atom. The molecule has 0 spiro atoms. The average Bonchev–Trinajstić information content (AvgIpc) is 2.72. The van der Waals surface area contributed by atoms with Gasteiger partial charge in [0.15, 0.2) is 5.17 Å². The molecule has 0 N–H and O–H groups in total. The molecule has 1 amide bonds. The van der Waals surface area contributed by atoms with Gasteiger partial charge in [0.1, 0.15) is 18.5 Å². The van der Waals surface area contributed by atoms with E-state index in [-0.39, 0.29) is 23.7 Å². The maximum Gasteiger partial charge on any atom is 0.338 e. The predicted molar refractivity (Wildman–Crippen MR) is 109 cm³/mol. The molecule has 0 radical (unpaired) electrons. The van der Waals surface area contributed by atoms with Gasteiger partial charge in [-0.2, -0.15) is 0 Å². The Labute approximate surface area is 172 Å². The number of carbonyl (C=O) groups is 2. The zero-order valence-corrected chi connectivity index (χ0v) is 16.6. The van der Waals surface area contributed by atoms with Crippen molar-refractivity contribution < 1.29 is 18.7 Å². The number of esters is 1. The van der Waals surface area contributed by atoms with Crippen LogP contribution < -0.4 is 0 Å². The molecule has 2 aliphatic heterocycles. The second-order valence-corrected chi connectivity index (χ2v) is 7.80. The number of rotatable bonds is 4. The van der Waals surface area contributed by atoms with Crippen LogP contribution >= 0.6 is 11.8 Å². The van der Waals surface area contributed by atoms with Gasteiger partial charge in [-0.25, -0.2) is 14.2 Å². The molecule has 1 atom stereocenters. The summed E-state index contributed by atoms with van der Waals surface area (Å²) in [6.45, 7) is 1.77. The van der Waals surface area contributed by atoms with Gasteiger partial charge in [-0.3, -0.25) is 9.69 Å². The van der Waals surface area contributed by atoms with E-state index in [2.05, 4.69) is 4.99 Å². The molecular formula is C22H19FN2O3S. The number of fused-ring (bicyclic) bond motifs is 1. The maximum atomic E-state index is 14.7. The molecule has 1 unspecified atom stereocenters. The SMILES string of the molecule is CC1=C(C(=O)OCc2ccccc2)C(c2ccccc2F)N2C(=O)CCSC2=N1. The third-order valence-corrected chi connectivity index (χ3v) is 5.79. The number of amidine groups is 1. The number of benzene rings is 2. The van der Waals surface area contributed by atoms with Gasteiger partial charge >= 0.3 is 5.97 Å². The minimum absolute atomic E-state index is 0.0830. The third-order valence-electron chi connectivity index (χ3n) is 4.84. The Kier molecular flexibility index (Phi) is 5.49. The first-order chi connectivity index (χ1) is 14.1. The highest BCUT2D eigenvalue weighted by molar-refractivity contribution is 8.14. The van der Waals surface area contributed by atoms with Crippen molar-refractivity contribution in [2.24, 2.45) is 4.99 Å². The Morgan fingerprint density at radius 3 is 2.69 bits per heavy atom. The molecule has 29 heavy (non-hydrogen) atoms. The number of halogens is 1.